The van der Waals surface area contributed by atoms with Crippen molar-refractivity contribution in [2.45, 2.75) is 13.0 Å². The first-order valence-electron chi connectivity index (χ1n) is 8.79. The van der Waals surface area contributed by atoms with Crippen molar-refractivity contribution in [1.29, 1.82) is 0 Å². The number of carbonyl (C=O) groups is 1. The predicted octanol–water partition coefficient (Wildman–Crippen LogP) is 0.865. The van der Waals surface area contributed by atoms with Gasteiger partial charge in [-0.05, 0) is 19.5 Å². The van der Waals surface area contributed by atoms with Gasteiger partial charge in [0.25, 0.3) is 5.91 Å². The van der Waals surface area contributed by atoms with Crippen molar-refractivity contribution in [3.05, 3.63) is 47.8 Å². The molecule has 0 saturated carbocycles. The molecule has 1 aliphatic rings. The van der Waals surface area contributed by atoms with E-state index in [1.807, 2.05) is 37.3 Å². The smallest absolute Gasteiger partial charge is 0.273 e. The highest BCUT2D eigenvalue weighted by Gasteiger charge is 2.16. The Bertz CT molecular complexity index is 678. The second kappa shape index (κ2) is 8.22. The van der Waals surface area contributed by atoms with E-state index in [9.17, 15) is 4.79 Å². The number of carbonyl (C=O) groups excluding carboxylic acids is 1. The average Bonchev–Trinajstić information content (AvgIpc) is 3.13. The minimum atomic E-state index is -0.166. The highest BCUT2D eigenvalue weighted by Crippen LogP contribution is 2.16. The molecule has 1 N–H and O–H groups in total. The maximum atomic E-state index is 12.3. The number of nitrogens with one attached hydrogen (secondary N) is 1. The van der Waals surface area contributed by atoms with Crippen LogP contribution in [0.2, 0.25) is 0 Å². The van der Waals surface area contributed by atoms with E-state index < -0.39 is 0 Å². The molecule has 0 spiro atoms. The van der Waals surface area contributed by atoms with Crippen LogP contribution in [-0.2, 0) is 0 Å². The number of rotatable bonds is 6. The summed E-state index contributed by atoms with van der Waals surface area (Å²) in [4.78, 5) is 16.9. The van der Waals surface area contributed by atoms with Crippen molar-refractivity contribution < 1.29 is 4.79 Å². The summed E-state index contributed by atoms with van der Waals surface area (Å²) in [7, 11) is 2.14. The Kier molecular flexibility index (Phi) is 5.78. The van der Waals surface area contributed by atoms with Gasteiger partial charge in [-0.2, -0.15) is 0 Å². The lowest BCUT2D eigenvalue weighted by atomic mass is 10.1. The van der Waals surface area contributed by atoms with E-state index in [1.54, 1.807) is 10.9 Å². The first kappa shape index (κ1) is 17.6. The van der Waals surface area contributed by atoms with Crippen LogP contribution >= 0.6 is 0 Å². The van der Waals surface area contributed by atoms with Crippen molar-refractivity contribution >= 4 is 5.91 Å². The molecule has 1 saturated heterocycles. The number of hydrogen-bond donors (Lipinski definition) is 1. The first-order chi connectivity index (χ1) is 12.1. The summed E-state index contributed by atoms with van der Waals surface area (Å²) < 4.78 is 1.73. The highest BCUT2D eigenvalue weighted by atomic mass is 16.2. The van der Waals surface area contributed by atoms with E-state index in [2.05, 4.69) is 32.5 Å². The van der Waals surface area contributed by atoms with Gasteiger partial charge in [0.05, 0.1) is 12.2 Å². The van der Waals surface area contributed by atoms with E-state index in [1.165, 1.54) is 0 Å². The van der Waals surface area contributed by atoms with Crippen LogP contribution in [0, 0.1) is 0 Å². The molecule has 0 radical (unpaired) electrons. The third kappa shape index (κ3) is 4.64. The van der Waals surface area contributed by atoms with Gasteiger partial charge < -0.3 is 10.2 Å². The van der Waals surface area contributed by atoms with Crippen LogP contribution in [-0.4, -0.2) is 77.0 Å². The molecule has 1 atom stereocenters. The SMILES string of the molecule is C[C@@H](c1ccccc1)n1cc(C(=O)NCCN2CCN(C)CC2)nn1. The largest absolute Gasteiger partial charge is 0.349 e. The van der Waals surface area contributed by atoms with Crippen molar-refractivity contribution in [3.8, 4) is 0 Å². The summed E-state index contributed by atoms with van der Waals surface area (Å²) in [6, 6.07) is 10.1. The van der Waals surface area contributed by atoms with Crippen LogP contribution in [0.3, 0.4) is 0 Å². The second-order valence-electron chi connectivity index (χ2n) is 6.57. The van der Waals surface area contributed by atoms with Crippen LogP contribution in [0.25, 0.3) is 0 Å². The van der Waals surface area contributed by atoms with Crippen LogP contribution in [0.5, 0.6) is 0 Å². The van der Waals surface area contributed by atoms with Gasteiger partial charge >= 0.3 is 0 Å². The third-order valence-electron chi connectivity index (χ3n) is 4.73. The summed E-state index contributed by atoms with van der Waals surface area (Å²) in [5.74, 6) is -0.166. The molecule has 1 amide bonds. The van der Waals surface area contributed by atoms with Gasteiger partial charge in [-0.25, -0.2) is 4.68 Å². The highest BCUT2D eigenvalue weighted by molar-refractivity contribution is 5.91. The molecule has 1 aromatic heterocycles. The third-order valence-corrected chi connectivity index (χ3v) is 4.73. The molecule has 0 bridgehead atoms. The van der Waals surface area contributed by atoms with Gasteiger partial charge in [0.2, 0.25) is 0 Å². The molecule has 1 aromatic carbocycles. The molecule has 1 aliphatic heterocycles. The van der Waals surface area contributed by atoms with Gasteiger partial charge in [0.15, 0.2) is 5.69 Å². The predicted molar refractivity (Wildman–Crippen MR) is 96.5 cm³/mol. The molecule has 2 aromatic rings. The fourth-order valence-corrected chi connectivity index (χ4v) is 2.94. The van der Waals surface area contributed by atoms with Gasteiger partial charge in [-0.15, -0.1) is 5.10 Å². The molecule has 3 rings (SSSR count). The van der Waals surface area contributed by atoms with Crippen LogP contribution in [0.1, 0.15) is 29.0 Å². The van der Waals surface area contributed by atoms with Crippen molar-refractivity contribution in [2.75, 3.05) is 46.3 Å². The molecule has 7 heteroatoms. The maximum Gasteiger partial charge on any atom is 0.273 e. The quantitative estimate of drug-likeness (QED) is 0.844. The van der Waals surface area contributed by atoms with Crippen molar-refractivity contribution in [2.24, 2.45) is 0 Å². The molecule has 7 nitrogen and oxygen atoms in total. The lowest BCUT2D eigenvalue weighted by molar-refractivity contribution is 0.0936. The number of amides is 1. The van der Waals surface area contributed by atoms with E-state index in [4.69, 9.17) is 0 Å². The number of hydrogen-bond acceptors (Lipinski definition) is 5. The van der Waals surface area contributed by atoms with E-state index in [-0.39, 0.29) is 11.9 Å². The molecule has 134 valence electrons. The van der Waals surface area contributed by atoms with Crippen molar-refractivity contribution in [3.63, 3.8) is 0 Å². The number of piperazine rings is 1. The van der Waals surface area contributed by atoms with E-state index >= 15 is 0 Å². The number of benzene rings is 1. The Morgan fingerprint density at radius 3 is 2.64 bits per heavy atom. The monoisotopic (exact) mass is 342 g/mol. The zero-order chi connectivity index (χ0) is 17.6. The summed E-state index contributed by atoms with van der Waals surface area (Å²) >= 11 is 0. The summed E-state index contributed by atoms with van der Waals surface area (Å²) in [6.45, 7) is 7.81. The van der Waals surface area contributed by atoms with Gasteiger partial charge in [-0.1, -0.05) is 35.5 Å². The Labute approximate surface area is 148 Å². The normalized spacial score (nSPS) is 17.4. The Hall–Kier alpha value is -2.25. The molecule has 25 heavy (non-hydrogen) atoms. The number of likely N-dealkylation sites (N-methyl/N-ethyl adjacent to an activating group) is 1. The first-order valence-corrected chi connectivity index (χ1v) is 8.79. The molecule has 1 fully saturated rings. The Balaban J connectivity index is 1.49. The topological polar surface area (TPSA) is 66.3 Å². The molecule has 0 unspecified atom stereocenters. The summed E-state index contributed by atoms with van der Waals surface area (Å²) in [5, 5.41) is 11.1. The number of nitrogens with zero attached hydrogens (tertiary/aromatic N) is 5. The molecular weight excluding hydrogens is 316 g/mol. The van der Waals surface area contributed by atoms with Gasteiger partial charge in [0, 0.05) is 39.3 Å². The fraction of sp³-hybridized carbons (Fsp3) is 0.500. The van der Waals surface area contributed by atoms with Gasteiger partial charge in [-0.3, -0.25) is 9.69 Å². The van der Waals surface area contributed by atoms with Crippen LogP contribution in [0.4, 0.5) is 0 Å². The van der Waals surface area contributed by atoms with E-state index in [0.717, 1.165) is 38.3 Å². The molecule has 0 aliphatic carbocycles. The maximum absolute atomic E-state index is 12.3. The number of aromatic nitrogens is 3. The minimum absolute atomic E-state index is 0.0422. The summed E-state index contributed by atoms with van der Waals surface area (Å²) in [5.41, 5.74) is 1.50. The Morgan fingerprint density at radius 2 is 1.92 bits per heavy atom. The zero-order valence-electron chi connectivity index (χ0n) is 14.9. The molecular formula is C18H26N6O. The fourth-order valence-electron chi connectivity index (χ4n) is 2.94. The zero-order valence-corrected chi connectivity index (χ0v) is 14.9. The van der Waals surface area contributed by atoms with Crippen molar-refractivity contribution in [1.82, 2.24) is 30.1 Å². The van der Waals surface area contributed by atoms with E-state index in [0.29, 0.717) is 12.2 Å². The second-order valence-corrected chi connectivity index (χ2v) is 6.57. The average molecular weight is 342 g/mol. The Morgan fingerprint density at radius 1 is 1.20 bits per heavy atom. The van der Waals surface area contributed by atoms with Crippen LogP contribution < -0.4 is 5.32 Å². The summed E-state index contributed by atoms with van der Waals surface area (Å²) in [6.07, 6.45) is 1.71. The minimum Gasteiger partial charge on any atom is -0.349 e. The lowest BCUT2D eigenvalue weighted by Crippen LogP contribution is -2.46. The lowest BCUT2D eigenvalue weighted by Gasteiger charge is -2.32. The van der Waals surface area contributed by atoms with Gasteiger partial charge in [0.1, 0.15) is 0 Å². The standard InChI is InChI=1S/C18H26N6O/c1-15(16-6-4-3-5-7-16)24-14-17(20-21-24)18(25)19-8-9-23-12-10-22(2)11-13-23/h3-7,14-15H,8-13H2,1-2H3,(H,19,25)/t15-/m0/s1. The molecule has 2 heterocycles. The van der Waals surface area contributed by atoms with Crippen LogP contribution in [0.15, 0.2) is 36.5 Å².